The van der Waals surface area contributed by atoms with E-state index in [1.54, 1.807) is 12.1 Å². The molecule has 0 amide bonds. The van der Waals surface area contributed by atoms with Gasteiger partial charge in [-0.2, -0.15) is 4.31 Å². The highest BCUT2D eigenvalue weighted by Crippen LogP contribution is 2.20. The van der Waals surface area contributed by atoms with E-state index < -0.39 is 16.1 Å². The van der Waals surface area contributed by atoms with Crippen LogP contribution in [0.15, 0.2) is 59.5 Å². The zero-order valence-corrected chi connectivity index (χ0v) is 13.9. The molecular formula is C17H22N2O3S. The van der Waals surface area contributed by atoms with Crippen LogP contribution in [0, 0.1) is 0 Å². The van der Waals surface area contributed by atoms with Gasteiger partial charge in [-0.15, -0.1) is 0 Å². The average Bonchev–Trinajstić information content (AvgIpc) is 2.55. The molecular weight excluding hydrogens is 312 g/mol. The Kier molecular flexibility index (Phi) is 5.76. The summed E-state index contributed by atoms with van der Waals surface area (Å²) in [5.74, 6) is 0. The molecule has 2 aromatic carbocycles. The van der Waals surface area contributed by atoms with Crippen LogP contribution in [0.25, 0.3) is 0 Å². The van der Waals surface area contributed by atoms with E-state index in [0.29, 0.717) is 12.1 Å². The molecule has 2 aromatic rings. The molecule has 0 bridgehead atoms. The summed E-state index contributed by atoms with van der Waals surface area (Å²) in [4.78, 5) is 0.172. The minimum atomic E-state index is -3.70. The Hall–Kier alpha value is -1.89. The Bertz CT molecular complexity index is 715. The lowest BCUT2D eigenvalue weighted by Gasteiger charge is -2.24. The zero-order chi connectivity index (χ0) is 16.9. The van der Waals surface area contributed by atoms with Crippen LogP contribution < -0.4 is 5.73 Å². The average molecular weight is 334 g/mol. The van der Waals surface area contributed by atoms with E-state index in [2.05, 4.69) is 0 Å². The van der Waals surface area contributed by atoms with Gasteiger partial charge in [0.1, 0.15) is 0 Å². The fourth-order valence-electron chi connectivity index (χ4n) is 2.19. The normalized spacial score (nSPS) is 13.2. The minimum absolute atomic E-state index is 0.0537. The third-order valence-electron chi connectivity index (χ3n) is 3.61. The van der Waals surface area contributed by atoms with E-state index in [9.17, 15) is 13.5 Å². The fraction of sp³-hybridized carbons (Fsp3) is 0.294. The summed E-state index contributed by atoms with van der Waals surface area (Å²) in [5, 5.41) is 9.93. The number of anilines is 1. The van der Waals surface area contributed by atoms with Crippen LogP contribution in [0.4, 0.5) is 5.69 Å². The van der Waals surface area contributed by atoms with Crippen LogP contribution in [0.2, 0.25) is 0 Å². The molecule has 1 unspecified atom stereocenters. The Balaban J connectivity index is 2.33. The van der Waals surface area contributed by atoms with E-state index in [1.165, 1.54) is 16.4 Å². The van der Waals surface area contributed by atoms with E-state index in [1.807, 2.05) is 37.3 Å². The van der Waals surface area contributed by atoms with E-state index in [4.69, 9.17) is 5.73 Å². The number of nitrogens with zero attached hydrogens (tertiary/aromatic N) is 1. The van der Waals surface area contributed by atoms with E-state index in [-0.39, 0.29) is 18.0 Å². The fourth-order valence-corrected chi connectivity index (χ4v) is 3.65. The van der Waals surface area contributed by atoms with Gasteiger partial charge in [0.2, 0.25) is 10.0 Å². The molecule has 0 aliphatic carbocycles. The number of nitrogens with two attached hydrogens (primary N) is 1. The molecule has 0 saturated carbocycles. The van der Waals surface area contributed by atoms with Gasteiger partial charge >= 0.3 is 0 Å². The Labute approximate surface area is 137 Å². The second-order valence-corrected chi connectivity index (χ2v) is 7.35. The Morgan fingerprint density at radius 1 is 1.09 bits per heavy atom. The number of rotatable bonds is 7. The standard InChI is InChI=1S/C17H22N2O3S/c1-2-16(20)13-19(12-14-6-4-3-5-7-14)23(21,22)17-10-8-15(18)9-11-17/h3-11,16,20H,2,12-13,18H2,1H3. The van der Waals surface area contributed by atoms with Crippen LogP contribution in [0.3, 0.4) is 0 Å². The van der Waals surface area contributed by atoms with Gasteiger partial charge in [0, 0.05) is 18.8 Å². The van der Waals surface area contributed by atoms with Crippen LogP contribution in [0.1, 0.15) is 18.9 Å². The zero-order valence-electron chi connectivity index (χ0n) is 13.1. The molecule has 0 heterocycles. The van der Waals surface area contributed by atoms with E-state index in [0.717, 1.165) is 5.56 Å². The molecule has 6 heteroatoms. The molecule has 0 aromatic heterocycles. The van der Waals surface area contributed by atoms with Gasteiger partial charge in [0.25, 0.3) is 0 Å². The largest absolute Gasteiger partial charge is 0.399 e. The molecule has 124 valence electrons. The monoisotopic (exact) mass is 334 g/mol. The summed E-state index contributed by atoms with van der Waals surface area (Å²) < 4.78 is 27.1. The van der Waals surface area contributed by atoms with Crippen molar-refractivity contribution >= 4 is 15.7 Å². The first-order chi connectivity index (χ1) is 10.9. The van der Waals surface area contributed by atoms with Gasteiger partial charge in [-0.1, -0.05) is 37.3 Å². The molecule has 3 N–H and O–H groups in total. The van der Waals surface area contributed by atoms with Gasteiger partial charge in [0.15, 0.2) is 0 Å². The SMILES string of the molecule is CCC(O)CN(Cc1ccccc1)S(=O)(=O)c1ccc(N)cc1. The summed E-state index contributed by atoms with van der Waals surface area (Å²) >= 11 is 0. The molecule has 2 rings (SSSR count). The summed E-state index contributed by atoms with van der Waals surface area (Å²) in [6.07, 6.45) is -0.218. The Morgan fingerprint density at radius 2 is 1.70 bits per heavy atom. The van der Waals surface area contributed by atoms with E-state index >= 15 is 0 Å². The van der Waals surface area contributed by atoms with Gasteiger partial charge in [0.05, 0.1) is 11.0 Å². The minimum Gasteiger partial charge on any atom is -0.399 e. The first-order valence-electron chi connectivity index (χ1n) is 7.51. The van der Waals surface area contributed by atoms with Crippen molar-refractivity contribution in [2.45, 2.75) is 30.9 Å². The van der Waals surface area contributed by atoms with Crippen molar-refractivity contribution in [2.24, 2.45) is 0 Å². The second-order valence-electron chi connectivity index (χ2n) is 5.41. The number of benzene rings is 2. The molecule has 0 aliphatic heterocycles. The molecule has 1 atom stereocenters. The lowest BCUT2D eigenvalue weighted by molar-refractivity contribution is 0.140. The lowest BCUT2D eigenvalue weighted by atomic mass is 10.2. The van der Waals surface area contributed by atoms with Gasteiger partial charge in [-0.25, -0.2) is 8.42 Å². The van der Waals surface area contributed by atoms with Crippen molar-refractivity contribution < 1.29 is 13.5 Å². The smallest absolute Gasteiger partial charge is 0.243 e. The van der Waals surface area contributed by atoms with Crippen molar-refractivity contribution in [2.75, 3.05) is 12.3 Å². The number of hydrogen-bond donors (Lipinski definition) is 2. The third-order valence-corrected chi connectivity index (χ3v) is 5.43. The predicted octanol–water partition coefficient (Wildman–Crippen LogP) is 2.23. The summed E-state index contributed by atoms with van der Waals surface area (Å²) in [7, 11) is -3.70. The molecule has 0 saturated heterocycles. The molecule has 0 spiro atoms. The second kappa shape index (κ2) is 7.59. The maximum Gasteiger partial charge on any atom is 0.243 e. The van der Waals surface area contributed by atoms with Crippen LogP contribution in [0.5, 0.6) is 0 Å². The highest BCUT2D eigenvalue weighted by molar-refractivity contribution is 7.89. The topological polar surface area (TPSA) is 83.6 Å². The van der Waals surface area contributed by atoms with Crippen LogP contribution >= 0.6 is 0 Å². The molecule has 0 fully saturated rings. The molecule has 23 heavy (non-hydrogen) atoms. The Morgan fingerprint density at radius 3 is 2.26 bits per heavy atom. The molecule has 0 radical (unpaired) electrons. The van der Waals surface area contributed by atoms with Crippen molar-refractivity contribution in [1.29, 1.82) is 0 Å². The van der Waals surface area contributed by atoms with Crippen molar-refractivity contribution in [3.8, 4) is 0 Å². The molecule has 5 nitrogen and oxygen atoms in total. The third kappa shape index (κ3) is 4.54. The van der Waals surface area contributed by atoms with Gasteiger partial charge < -0.3 is 10.8 Å². The number of hydrogen-bond acceptors (Lipinski definition) is 4. The van der Waals surface area contributed by atoms with Gasteiger partial charge in [-0.05, 0) is 36.2 Å². The first-order valence-corrected chi connectivity index (χ1v) is 8.95. The van der Waals surface area contributed by atoms with Crippen LogP contribution in [-0.2, 0) is 16.6 Å². The summed E-state index contributed by atoms with van der Waals surface area (Å²) in [6.45, 7) is 2.09. The number of nitrogen functional groups attached to an aromatic ring is 1. The maximum absolute atomic E-state index is 12.9. The predicted molar refractivity (Wildman–Crippen MR) is 91.2 cm³/mol. The quantitative estimate of drug-likeness (QED) is 0.761. The van der Waals surface area contributed by atoms with Crippen LogP contribution in [-0.4, -0.2) is 30.5 Å². The highest BCUT2D eigenvalue weighted by atomic mass is 32.2. The highest BCUT2D eigenvalue weighted by Gasteiger charge is 2.26. The number of aliphatic hydroxyl groups is 1. The van der Waals surface area contributed by atoms with Crippen molar-refractivity contribution in [3.63, 3.8) is 0 Å². The summed E-state index contributed by atoms with van der Waals surface area (Å²) in [5.41, 5.74) is 7.00. The lowest BCUT2D eigenvalue weighted by Crippen LogP contribution is -2.36. The maximum atomic E-state index is 12.9. The number of sulfonamides is 1. The van der Waals surface area contributed by atoms with Gasteiger partial charge in [-0.3, -0.25) is 0 Å². The van der Waals surface area contributed by atoms with Crippen molar-refractivity contribution in [3.05, 3.63) is 60.2 Å². The van der Waals surface area contributed by atoms with Crippen molar-refractivity contribution in [1.82, 2.24) is 4.31 Å². The molecule has 0 aliphatic rings. The first kappa shape index (κ1) is 17.5. The number of aliphatic hydroxyl groups excluding tert-OH is 1. The summed E-state index contributed by atoms with van der Waals surface area (Å²) in [6, 6.07) is 15.4.